The molecule has 9 heteroatoms. The third kappa shape index (κ3) is 8.32. The van der Waals surface area contributed by atoms with Crippen LogP contribution in [0.15, 0.2) is 41.8 Å². The number of nitrogens with one attached hydrogen (secondary N) is 2. The highest BCUT2D eigenvalue weighted by Gasteiger charge is 2.44. The summed E-state index contributed by atoms with van der Waals surface area (Å²) in [5, 5.41) is 17.8. The summed E-state index contributed by atoms with van der Waals surface area (Å²) in [7, 11) is 0. The molecule has 4 rings (SSSR count). The highest BCUT2D eigenvalue weighted by Crippen LogP contribution is 2.37. The van der Waals surface area contributed by atoms with E-state index in [2.05, 4.69) is 16.7 Å². The van der Waals surface area contributed by atoms with Crippen molar-refractivity contribution in [3.8, 4) is 6.07 Å². The molecule has 1 aromatic heterocycles. The highest BCUT2D eigenvalue weighted by atomic mass is 32.1. The third-order valence-corrected chi connectivity index (χ3v) is 8.99. The van der Waals surface area contributed by atoms with E-state index in [0.717, 1.165) is 36.1 Å². The fourth-order valence-electron chi connectivity index (χ4n) is 5.87. The number of ether oxygens (including phenoxy) is 1. The summed E-state index contributed by atoms with van der Waals surface area (Å²) in [5.41, 5.74) is 0.0314. The van der Waals surface area contributed by atoms with Gasteiger partial charge in [0.2, 0.25) is 11.8 Å². The predicted octanol–water partition coefficient (Wildman–Crippen LogP) is 5.36. The lowest BCUT2D eigenvalue weighted by Crippen LogP contribution is -2.56. The second kappa shape index (κ2) is 13.5. The maximum Gasteiger partial charge on any atom is 0.408 e. The summed E-state index contributed by atoms with van der Waals surface area (Å²) >= 11 is 1.54. The zero-order valence-corrected chi connectivity index (χ0v) is 25.2. The Morgan fingerprint density at radius 2 is 1.80 bits per heavy atom. The Hall–Kier alpha value is -3.38. The van der Waals surface area contributed by atoms with E-state index in [0.29, 0.717) is 44.3 Å². The minimum absolute atomic E-state index is 0.0197. The van der Waals surface area contributed by atoms with Crippen LogP contribution in [0.4, 0.5) is 4.79 Å². The number of rotatable bonds is 8. The van der Waals surface area contributed by atoms with Gasteiger partial charge in [-0.25, -0.2) is 4.79 Å². The lowest BCUT2D eigenvalue weighted by Gasteiger charge is -2.42. The smallest absolute Gasteiger partial charge is 0.408 e. The number of amides is 3. The van der Waals surface area contributed by atoms with Crippen molar-refractivity contribution in [1.29, 1.82) is 5.26 Å². The van der Waals surface area contributed by atoms with E-state index in [1.165, 1.54) is 17.8 Å². The van der Waals surface area contributed by atoms with Crippen LogP contribution < -0.4 is 10.6 Å². The number of carbonyl (C=O) groups excluding carboxylic acids is 3. The van der Waals surface area contributed by atoms with Crippen LogP contribution in [0.1, 0.15) is 81.7 Å². The number of thiophene rings is 1. The van der Waals surface area contributed by atoms with Crippen LogP contribution in [0.25, 0.3) is 0 Å². The number of benzene rings is 1. The number of hydrogen-bond donors (Lipinski definition) is 2. The van der Waals surface area contributed by atoms with Gasteiger partial charge in [0.25, 0.3) is 0 Å². The molecule has 1 saturated heterocycles. The molecule has 2 N–H and O–H groups in total. The Morgan fingerprint density at radius 1 is 1.10 bits per heavy atom. The van der Waals surface area contributed by atoms with Crippen molar-refractivity contribution >= 4 is 29.2 Å². The van der Waals surface area contributed by atoms with E-state index in [1.807, 2.05) is 35.7 Å². The summed E-state index contributed by atoms with van der Waals surface area (Å²) in [4.78, 5) is 43.1. The van der Waals surface area contributed by atoms with Crippen LogP contribution in [-0.2, 0) is 27.2 Å². The maximum absolute atomic E-state index is 13.9. The van der Waals surface area contributed by atoms with Gasteiger partial charge in [-0.15, -0.1) is 11.3 Å². The molecule has 2 fully saturated rings. The van der Waals surface area contributed by atoms with Crippen LogP contribution in [0.2, 0.25) is 0 Å². The molecule has 2 aromatic rings. The quantitative estimate of drug-likeness (QED) is 0.438. The van der Waals surface area contributed by atoms with E-state index in [1.54, 1.807) is 31.7 Å². The van der Waals surface area contributed by atoms with Crippen LogP contribution >= 0.6 is 11.3 Å². The number of nitrogens with zero attached hydrogens (tertiary/aromatic N) is 2. The number of alkyl carbamates (subject to hydrolysis) is 1. The summed E-state index contributed by atoms with van der Waals surface area (Å²) < 4.78 is 5.45. The van der Waals surface area contributed by atoms with Crippen molar-refractivity contribution in [2.24, 2.45) is 5.41 Å². The molecule has 0 spiro atoms. The first-order chi connectivity index (χ1) is 19.6. The molecule has 0 radical (unpaired) electrons. The van der Waals surface area contributed by atoms with Gasteiger partial charge in [0.05, 0.1) is 17.0 Å². The van der Waals surface area contributed by atoms with E-state index in [9.17, 15) is 19.6 Å². The van der Waals surface area contributed by atoms with Crippen LogP contribution in [-0.4, -0.2) is 53.6 Å². The molecule has 1 atom stereocenters. The molecule has 2 aliphatic rings. The molecular weight excluding hydrogens is 536 g/mol. The molecule has 3 amide bonds. The fourth-order valence-corrected chi connectivity index (χ4v) is 6.62. The van der Waals surface area contributed by atoms with Crippen molar-refractivity contribution in [1.82, 2.24) is 15.5 Å². The van der Waals surface area contributed by atoms with Crippen LogP contribution in [0, 0.1) is 16.7 Å². The normalized spacial score (nSPS) is 18.1. The summed E-state index contributed by atoms with van der Waals surface area (Å²) in [6.45, 7) is 6.15. The van der Waals surface area contributed by atoms with Gasteiger partial charge in [-0.1, -0.05) is 43.5 Å². The van der Waals surface area contributed by atoms with Gasteiger partial charge in [-0.2, -0.15) is 5.26 Å². The number of hydrogen-bond acceptors (Lipinski definition) is 6. The van der Waals surface area contributed by atoms with Crippen LogP contribution in [0.5, 0.6) is 0 Å². The first-order valence-corrected chi connectivity index (χ1v) is 15.6. The minimum Gasteiger partial charge on any atom is -0.444 e. The summed E-state index contributed by atoms with van der Waals surface area (Å²) in [6, 6.07) is 13.0. The van der Waals surface area contributed by atoms with Gasteiger partial charge >= 0.3 is 6.09 Å². The van der Waals surface area contributed by atoms with Gasteiger partial charge in [0.15, 0.2) is 0 Å². The average Bonchev–Trinajstić information content (AvgIpc) is 3.46. The molecule has 1 aliphatic heterocycles. The SMILES string of the molecule is CC(C)(C)OC(=O)NC(Cc1cccs1)C(=O)N1CCC(Cc2ccccc2C#N)(C(=O)NC2CCCCC2)CC1. The van der Waals surface area contributed by atoms with E-state index in [-0.39, 0.29) is 17.9 Å². The first kappa shape index (κ1) is 30.6. The molecular formula is C32H42N4O4S. The highest BCUT2D eigenvalue weighted by molar-refractivity contribution is 7.09. The Morgan fingerprint density at radius 3 is 2.44 bits per heavy atom. The van der Waals surface area contributed by atoms with Crippen molar-refractivity contribution in [2.45, 2.75) is 96.2 Å². The molecule has 1 unspecified atom stereocenters. The third-order valence-electron chi connectivity index (χ3n) is 8.10. The molecule has 1 saturated carbocycles. The topological polar surface area (TPSA) is 112 Å². The number of piperidine rings is 1. The van der Waals surface area contributed by atoms with E-state index in [4.69, 9.17) is 4.74 Å². The molecule has 220 valence electrons. The first-order valence-electron chi connectivity index (χ1n) is 14.7. The molecule has 8 nitrogen and oxygen atoms in total. The zero-order chi connectivity index (χ0) is 29.5. The largest absolute Gasteiger partial charge is 0.444 e. The Labute approximate surface area is 247 Å². The molecule has 0 bridgehead atoms. The second-order valence-electron chi connectivity index (χ2n) is 12.3. The van der Waals surface area contributed by atoms with Crippen molar-refractivity contribution in [3.63, 3.8) is 0 Å². The minimum atomic E-state index is -0.772. The summed E-state index contributed by atoms with van der Waals surface area (Å²) in [6.07, 6.45) is 6.57. The Kier molecular flexibility index (Phi) is 10.1. The van der Waals surface area contributed by atoms with Gasteiger partial charge < -0.3 is 20.3 Å². The molecule has 1 aliphatic carbocycles. The number of likely N-dealkylation sites (tertiary alicyclic amines) is 1. The van der Waals surface area contributed by atoms with Gasteiger partial charge in [0.1, 0.15) is 11.6 Å². The van der Waals surface area contributed by atoms with Gasteiger partial charge in [-0.05, 0) is 76.0 Å². The number of carbonyl (C=O) groups is 3. The summed E-state index contributed by atoms with van der Waals surface area (Å²) in [5.74, 6) is -0.158. The van der Waals surface area contributed by atoms with Gasteiger partial charge in [-0.3, -0.25) is 9.59 Å². The Balaban J connectivity index is 1.51. The lowest BCUT2D eigenvalue weighted by molar-refractivity contribution is -0.142. The van der Waals surface area contributed by atoms with E-state index >= 15 is 0 Å². The average molecular weight is 579 g/mol. The molecule has 41 heavy (non-hydrogen) atoms. The second-order valence-corrected chi connectivity index (χ2v) is 13.4. The standard InChI is InChI=1S/C32H42N4O4S/c1-31(2,3)40-30(39)35-27(20-26-14-9-19-41-26)28(37)36-17-15-32(16-18-36,21-23-10-7-8-11-24(23)22-33)29(38)34-25-12-5-4-6-13-25/h7-11,14,19,25,27H,4-6,12-13,15-18,20-21H2,1-3H3,(H,34,38)(H,35,39). The maximum atomic E-state index is 13.9. The fraction of sp³-hybridized carbons (Fsp3) is 0.562. The zero-order valence-electron chi connectivity index (χ0n) is 24.4. The molecule has 1 aromatic carbocycles. The van der Waals surface area contributed by atoms with Gasteiger partial charge in [0, 0.05) is 30.4 Å². The Bertz CT molecular complexity index is 1230. The van der Waals surface area contributed by atoms with Crippen molar-refractivity contribution < 1.29 is 19.1 Å². The monoisotopic (exact) mass is 578 g/mol. The van der Waals surface area contributed by atoms with Crippen molar-refractivity contribution in [2.75, 3.05) is 13.1 Å². The molecule has 2 heterocycles. The van der Waals surface area contributed by atoms with E-state index < -0.39 is 23.2 Å². The van der Waals surface area contributed by atoms with Crippen molar-refractivity contribution in [3.05, 3.63) is 57.8 Å². The number of nitriles is 1. The van der Waals surface area contributed by atoms with Crippen LogP contribution in [0.3, 0.4) is 0 Å². The predicted molar refractivity (Wildman–Crippen MR) is 159 cm³/mol. The lowest BCUT2D eigenvalue weighted by atomic mass is 9.72.